The van der Waals surface area contributed by atoms with E-state index in [9.17, 15) is 18.3 Å². The minimum Gasteiger partial charge on any atom is -0.871 e. The van der Waals surface area contributed by atoms with Crippen LogP contribution in [-0.2, 0) is 20.2 Å². The Balaban J connectivity index is 0.00000256. The van der Waals surface area contributed by atoms with Gasteiger partial charge in [-0.2, -0.15) is 8.42 Å². The fourth-order valence-corrected chi connectivity index (χ4v) is 5.14. The molecule has 2 aromatic carbocycles. The summed E-state index contributed by atoms with van der Waals surface area (Å²) in [5.41, 5.74) is 0.300. The first-order valence-electron chi connectivity index (χ1n) is 9.57. The van der Waals surface area contributed by atoms with E-state index in [0.717, 1.165) is 12.8 Å². The van der Waals surface area contributed by atoms with Gasteiger partial charge in [-0.25, -0.2) is 0 Å². The molecule has 0 saturated carbocycles. The van der Waals surface area contributed by atoms with E-state index in [1.807, 2.05) is 19.9 Å². The first-order chi connectivity index (χ1) is 13.8. The molecule has 150 valence electrons. The monoisotopic (exact) mass is 432 g/mol. The molecule has 1 aliphatic carbocycles. The standard InChI is InChI=1S/C22H22N2O4S.Na/c1-3-4-13-22(2)15-10-6-5-9-14(15)19(25)18(20(22)26)21-23-16-11-7-8-12-17(16)29(27,28)24-21;/h5-12,25H,3-4,13H2,1-2H3,(H,23,24);/q;+1/p-1. The van der Waals surface area contributed by atoms with Gasteiger partial charge in [-0.3, -0.25) is 4.79 Å². The van der Waals surface area contributed by atoms with E-state index >= 15 is 0 Å². The van der Waals surface area contributed by atoms with Gasteiger partial charge in [-0.15, -0.1) is 4.40 Å². The van der Waals surface area contributed by atoms with E-state index in [2.05, 4.69) is 9.71 Å². The molecule has 0 spiro atoms. The van der Waals surface area contributed by atoms with Gasteiger partial charge in [0.2, 0.25) is 0 Å². The fraction of sp³-hybridized carbons (Fsp3) is 0.273. The molecule has 1 heterocycles. The minimum absolute atomic E-state index is 0. The van der Waals surface area contributed by atoms with Crippen LogP contribution in [0.15, 0.2) is 63.4 Å². The first-order valence-corrected chi connectivity index (χ1v) is 11.0. The molecule has 0 bridgehead atoms. The fourth-order valence-electron chi connectivity index (χ4n) is 4.01. The van der Waals surface area contributed by atoms with Gasteiger partial charge in [0.1, 0.15) is 4.90 Å². The number of ketones is 1. The van der Waals surface area contributed by atoms with Crippen LogP contribution < -0.4 is 40.0 Å². The number of fused-ring (bicyclic) bond motifs is 2. The Bertz CT molecular complexity index is 1190. The van der Waals surface area contributed by atoms with Crippen LogP contribution in [0.1, 0.15) is 44.2 Å². The molecule has 0 amide bonds. The number of rotatable bonds is 4. The minimum atomic E-state index is -4.02. The molecule has 1 aliphatic heterocycles. The number of hydrogen-bond acceptors (Lipinski definition) is 5. The van der Waals surface area contributed by atoms with Crippen molar-refractivity contribution in [2.75, 3.05) is 5.32 Å². The molecule has 6 nitrogen and oxygen atoms in total. The second kappa shape index (κ2) is 8.30. The van der Waals surface area contributed by atoms with Crippen molar-refractivity contribution in [1.82, 2.24) is 0 Å². The largest absolute Gasteiger partial charge is 1.00 e. The van der Waals surface area contributed by atoms with Crippen LogP contribution >= 0.6 is 0 Å². The molecule has 1 atom stereocenters. The maximum absolute atomic E-state index is 13.6. The number of benzene rings is 2. The Morgan fingerprint density at radius 3 is 2.50 bits per heavy atom. The van der Waals surface area contributed by atoms with Crippen molar-refractivity contribution in [3.05, 3.63) is 65.2 Å². The Morgan fingerprint density at radius 1 is 1.10 bits per heavy atom. The Hall–Kier alpha value is -1.93. The Morgan fingerprint density at radius 2 is 1.77 bits per heavy atom. The van der Waals surface area contributed by atoms with Gasteiger partial charge in [-0.05, 0) is 36.6 Å². The van der Waals surface area contributed by atoms with Crippen molar-refractivity contribution in [2.24, 2.45) is 4.40 Å². The van der Waals surface area contributed by atoms with Crippen molar-refractivity contribution < 1.29 is 47.9 Å². The zero-order valence-corrected chi connectivity index (χ0v) is 20.0. The third-order valence-electron chi connectivity index (χ3n) is 5.62. The molecule has 8 heteroatoms. The molecule has 1 N–H and O–H groups in total. The van der Waals surface area contributed by atoms with E-state index in [-0.39, 0.29) is 45.9 Å². The van der Waals surface area contributed by atoms with Crippen LogP contribution in [0.4, 0.5) is 5.69 Å². The number of Topliss-reactive ketones (excluding diaryl/α,β-unsaturated/α-hetero) is 1. The molecule has 30 heavy (non-hydrogen) atoms. The van der Waals surface area contributed by atoms with Gasteiger partial charge in [-0.1, -0.05) is 61.9 Å². The summed E-state index contributed by atoms with van der Waals surface area (Å²) in [6.07, 6.45) is 2.26. The van der Waals surface area contributed by atoms with Crippen LogP contribution in [-0.4, -0.2) is 20.0 Å². The zero-order valence-electron chi connectivity index (χ0n) is 17.2. The van der Waals surface area contributed by atoms with E-state index < -0.39 is 27.0 Å². The summed E-state index contributed by atoms with van der Waals surface area (Å²) in [6, 6.07) is 13.3. The van der Waals surface area contributed by atoms with Gasteiger partial charge in [0, 0.05) is 0 Å². The molecule has 0 fully saturated rings. The van der Waals surface area contributed by atoms with Crippen molar-refractivity contribution in [1.29, 1.82) is 0 Å². The van der Waals surface area contributed by atoms with Crippen LogP contribution in [0.3, 0.4) is 0 Å². The van der Waals surface area contributed by atoms with Crippen molar-refractivity contribution in [2.45, 2.75) is 43.4 Å². The van der Waals surface area contributed by atoms with Crippen molar-refractivity contribution >= 4 is 33.1 Å². The van der Waals surface area contributed by atoms with E-state index in [4.69, 9.17) is 0 Å². The van der Waals surface area contributed by atoms with Crippen LogP contribution in [0.5, 0.6) is 0 Å². The van der Waals surface area contributed by atoms with E-state index in [1.54, 1.807) is 36.4 Å². The number of hydrogen-bond donors (Lipinski definition) is 1. The SMILES string of the molecule is CCCCC1(C)C(=O)C(C2=NS(=O)(=O)c3ccccc3N2)=C([O-])c2ccccc21.[Na+]. The predicted molar refractivity (Wildman–Crippen MR) is 110 cm³/mol. The number of unbranched alkanes of at least 4 members (excludes halogenated alkanes) is 1. The van der Waals surface area contributed by atoms with Crippen LogP contribution in [0, 0.1) is 0 Å². The van der Waals surface area contributed by atoms with Crippen molar-refractivity contribution in [3.63, 3.8) is 0 Å². The number of sulfonamides is 1. The van der Waals surface area contributed by atoms with Gasteiger partial charge in [0.25, 0.3) is 10.0 Å². The molecule has 0 saturated heterocycles. The van der Waals surface area contributed by atoms with Gasteiger partial charge < -0.3 is 10.4 Å². The maximum atomic E-state index is 13.6. The average Bonchev–Trinajstić information content (AvgIpc) is 2.71. The van der Waals surface area contributed by atoms with Crippen LogP contribution in [0.2, 0.25) is 0 Å². The molecule has 0 radical (unpaired) electrons. The third kappa shape index (κ3) is 3.54. The Kier molecular flexibility index (Phi) is 6.30. The number of nitrogens with zero attached hydrogens (tertiary/aromatic N) is 1. The summed E-state index contributed by atoms with van der Waals surface area (Å²) in [6.45, 7) is 3.86. The molecule has 1 unspecified atom stereocenters. The quantitative estimate of drug-likeness (QED) is 0.686. The molecule has 2 aromatic rings. The molecular formula is C22H21N2NaO4S. The summed E-state index contributed by atoms with van der Waals surface area (Å²) in [5, 5.41) is 16.1. The average molecular weight is 432 g/mol. The summed E-state index contributed by atoms with van der Waals surface area (Å²) < 4.78 is 29.1. The van der Waals surface area contributed by atoms with Gasteiger partial charge in [0.15, 0.2) is 11.6 Å². The maximum Gasteiger partial charge on any atom is 1.00 e. The van der Waals surface area contributed by atoms with Gasteiger partial charge >= 0.3 is 29.6 Å². The third-order valence-corrected chi connectivity index (χ3v) is 6.95. The second-order valence-corrected chi connectivity index (χ2v) is 9.12. The number of nitrogens with one attached hydrogen (secondary N) is 1. The number of anilines is 1. The number of para-hydroxylation sites is 1. The molecule has 4 rings (SSSR count). The first kappa shape index (κ1) is 22.7. The summed E-state index contributed by atoms with van der Waals surface area (Å²) in [5.74, 6) is -1.09. The van der Waals surface area contributed by atoms with Crippen LogP contribution in [0.25, 0.3) is 5.76 Å². The predicted octanol–water partition coefficient (Wildman–Crippen LogP) is 0.00550. The van der Waals surface area contributed by atoms with Gasteiger partial charge in [0.05, 0.1) is 16.7 Å². The second-order valence-electron chi connectivity index (χ2n) is 7.55. The Labute approximate surface area is 198 Å². The summed E-state index contributed by atoms with van der Waals surface area (Å²) in [7, 11) is -4.02. The summed E-state index contributed by atoms with van der Waals surface area (Å²) >= 11 is 0. The zero-order chi connectivity index (χ0) is 20.8. The molecule has 2 aliphatic rings. The smallest absolute Gasteiger partial charge is 0.871 e. The number of carbonyl (C=O) groups excluding carboxylic acids is 1. The number of carbonyl (C=O) groups is 1. The van der Waals surface area contributed by atoms with Crippen molar-refractivity contribution in [3.8, 4) is 0 Å². The topological polar surface area (TPSA) is 98.7 Å². The normalized spacial score (nSPS) is 21.7. The molecule has 0 aromatic heterocycles. The van der Waals surface area contributed by atoms with E-state index in [0.29, 0.717) is 23.2 Å². The van der Waals surface area contributed by atoms with E-state index in [1.165, 1.54) is 6.07 Å². The number of amidine groups is 1. The molecular weight excluding hydrogens is 411 g/mol. The summed E-state index contributed by atoms with van der Waals surface area (Å²) in [4.78, 5) is 13.6.